The maximum atomic E-state index is 5.67. The van der Waals surface area contributed by atoms with Gasteiger partial charge < -0.3 is 5.73 Å². The Balaban J connectivity index is 1.99. The maximum absolute atomic E-state index is 5.67. The van der Waals surface area contributed by atoms with Crippen LogP contribution in [0.3, 0.4) is 0 Å². The number of benzene rings is 1. The molecule has 0 radical (unpaired) electrons. The number of hydrogen-bond donors (Lipinski definition) is 1. The number of hydrogen-bond acceptors (Lipinski definition) is 1. The fourth-order valence-electron chi connectivity index (χ4n) is 1.86. The minimum Gasteiger partial charge on any atom is -0.387 e. The molecule has 1 atom stereocenters. The third kappa shape index (κ3) is 1.65. The topological polar surface area (TPSA) is 38.4 Å². The molecule has 1 aliphatic carbocycles. The number of amidine groups is 1. The van der Waals surface area contributed by atoms with Crippen molar-refractivity contribution in [1.82, 2.24) is 0 Å². The Kier molecular flexibility index (Phi) is 2.53. The Labute approximate surface area is 84.9 Å². The Morgan fingerprint density at radius 3 is 3.00 bits per heavy atom. The van der Waals surface area contributed by atoms with Crippen molar-refractivity contribution in [3.8, 4) is 0 Å². The molecular weight excluding hydrogens is 172 g/mol. The number of nitrogens with two attached hydrogens (primary N) is 1. The summed E-state index contributed by atoms with van der Waals surface area (Å²) < 4.78 is 0. The van der Waals surface area contributed by atoms with Gasteiger partial charge in [-0.05, 0) is 17.5 Å². The summed E-state index contributed by atoms with van der Waals surface area (Å²) in [5, 5.41) is 0. The summed E-state index contributed by atoms with van der Waals surface area (Å²) in [5.74, 6) is 1.38. The van der Waals surface area contributed by atoms with Crippen molar-refractivity contribution < 1.29 is 0 Å². The molecule has 1 aliphatic rings. The van der Waals surface area contributed by atoms with Gasteiger partial charge in [0.1, 0.15) is 0 Å². The van der Waals surface area contributed by atoms with Gasteiger partial charge in [-0.3, -0.25) is 4.99 Å². The molecule has 0 saturated carbocycles. The lowest BCUT2D eigenvalue weighted by molar-refractivity contribution is 0.618. The molecule has 74 valence electrons. The summed E-state index contributed by atoms with van der Waals surface area (Å²) in [6, 6.07) is 8.58. The molecular formula is C12H16N2. The quantitative estimate of drug-likeness (QED) is 0.572. The van der Waals surface area contributed by atoms with E-state index in [0.717, 1.165) is 25.2 Å². The summed E-state index contributed by atoms with van der Waals surface area (Å²) in [7, 11) is 0. The highest BCUT2D eigenvalue weighted by atomic mass is 14.8. The third-order valence-electron chi connectivity index (χ3n) is 2.84. The van der Waals surface area contributed by atoms with E-state index >= 15 is 0 Å². The molecule has 2 nitrogen and oxygen atoms in total. The van der Waals surface area contributed by atoms with Gasteiger partial charge in [0.2, 0.25) is 0 Å². The van der Waals surface area contributed by atoms with Crippen LogP contribution in [0.15, 0.2) is 29.3 Å². The van der Waals surface area contributed by atoms with E-state index in [0.29, 0.717) is 5.92 Å². The Morgan fingerprint density at radius 2 is 2.29 bits per heavy atom. The zero-order valence-corrected chi connectivity index (χ0v) is 8.53. The van der Waals surface area contributed by atoms with Gasteiger partial charge >= 0.3 is 0 Å². The highest BCUT2D eigenvalue weighted by Gasteiger charge is 2.24. The van der Waals surface area contributed by atoms with Gasteiger partial charge in [-0.25, -0.2) is 0 Å². The van der Waals surface area contributed by atoms with E-state index in [2.05, 4.69) is 29.3 Å². The van der Waals surface area contributed by atoms with Crippen LogP contribution in [0.1, 0.15) is 30.4 Å². The fraction of sp³-hybridized carbons (Fsp3) is 0.417. The molecule has 0 aliphatic heterocycles. The summed E-state index contributed by atoms with van der Waals surface area (Å²) in [6.07, 6.45) is 2.02. The predicted molar refractivity (Wildman–Crippen MR) is 59.7 cm³/mol. The van der Waals surface area contributed by atoms with E-state index in [1.807, 2.05) is 6.92 Å². The molecule has 1 aromatic rings. The summed E-state index contributed by atoms with van der Waals surface area (Å²) >= 11 is 0. The lowest BCUT2D eigenvalue weighted by Gasteiger charge is -2.28. The molecule has 0 aromatic heterocycles. The van der Waals surface area contributed by atoms with Crippen LogP contribution in [-0.4, -0.2) is 12.4 Å². The van der Waals surface area contributed by atoms with Crippen molar-refractivity contribution in [3.05, 3.63) is 35.4 Å². The Morgan fingerprint density at radius 1 is 1.50 bits per heavy atom. The molecule has 1 aromatic carbocycles. The van der Waals surface area contributed by atoms with Crippen LogP contribution in [0.5, 0.6) is 0 Å². The average Bonchev–Trinajstić information content (AvgIpc) is 2.19. The SMILES string of the molecule is CCC(N)=NCC1Cc2ccccc21. The third-order valence-corrected chi connectivity index (χ3v) is 2.84. The molecule has 2 N–H and O–H groups in total. The van der Waals surface area contributed by atoms with Crippen molar-refractivity contribution in [2.24, 2.45) is 10.7 Å². The van der Waals surface area contributed by atoms with Gasteiger partial charge in [-0.15, -0.1) is 0 Å². The van der Waals surface area contributed by atoms with Crippen LogP contribution < -0.4 is 5.73 Å². The summed E-state index contributed by atoms with van der Waals surface area (Å²) in [5.41, 5.74) is 8.60. The van der Waals surface area contributed by atoms with Gasteiger partial charge in [0.25, 0.3) is 0 Å². The highest BCUT2D eigenvalue weighted by molar-refractivity contribution is 5.79. The first kappa shape index (κ1) is 9.25. The first-order chi connectivity index (χ1) is 6.81. The van der Waals surface area contributed by atoms with Crippen LogP contribution in [0.25, 0.3) is 0 Å². The monoisotopic (exact) mass is 188 g/mol. The van der Waals surface area contributed by atoms with Crippen molar-refractivity contribution in [1.29, 1.82) is 0 Å². The Bertz CT molecular complexity index is 355. The van der Waals surface area contributed by atoms with Gasteiger partial charge in [-0.1, -0.05) is 31.2 Å². The summed E-state index contributed by atoms with van der Waals surface area (Å²) in [6.45, 7) is 2.89. The number of nitrogens with zero attached hydrogens (tertiary/aromatic N) is 1. The molecule has 0 saturated heterocycles. The van der Waals surface area contributed by atoms with Crippen molar-refractivity contribution >= 4 is 5.84 Å². The fourth-order valence-corrected chi connectivity index (χ4v) is 1.86. The zero-order chi connectivity index (χ0) is 9.97. The first-order valence-corrected chi connectivity index (χ1v) is 5.18. The number of aliphatic imine (C=N–C) groups is 1. The molecule has 2 heteroatoms. The van der Waals surface area contributed by atoms with Gasteiger partial charge in [0.05, 0.1) is 5.84 Å². The second kappa shape index (κ2) is 3.82. The van der Waals surface area contributed by atoms with E-state index in [-0.39, 0.29) is 0 Å². The van der Waals surface area contributed by atoms with Crippen molar-refractivity contribution in [2.45, 2.75) is 25.7 Å². The van der Waals surface area contributed by atoms with Gasteiger partial charge in [-0.2, -0.15) is 0 Å². The van der Waals surface area contributed by atoms with Crippen LogP contribution in [0.2, 0.25) is 0 Å². The van der Waals surface area contributed by atoms with Crippen LogP contribution in [0.4, 0.5) is 0 Å². The van der Waals surface area contributed by atoms with E-state index in [1.54, 1.807) is 0 Å². The minimum absolute atomic E-state index is 0.608. The van der Waals surface area contributed by atoms with E-state index in [1.165, 1.54) is 11.1 Å². The average molecular weight is 188 g/mol. The molecule has 2 rings (SSSR count). The Hall–Kier alpha value is -1.31. The molecule has 0 heterocycles. The molecule has 14 heavy (non-hydrogen) atoms. The normalized spacial score (nSPS) is 20.1. The minimum atomic E-state index is 0.608. The van der Waals surface area contributed by atoms with E-state index < -0.39 is 0 Å². The molecule has 0 bridgehead atoms. The van der Waals surface area contributed by atoms with Crippen LogP contribution in [0, 0.1) is 0 Å². The summed E-state index contributed by atoms with van der Waals surface area (Å²) in [4.78, 5) is 4.36. The highest BCUT2D eigenvalue weighted by Crippen LogP contribution is 2.34. The van der Waals surface area contributed by atoms with E-state index in [9.17, 15) is 0 Å². The number of rotatable bonds is 3. The second-order valence-electron chi connectivity index (χ2n) is 3.79. The van der Waals surface area contributed by atoms with Crippen LogP contribution >= 0.6 is 0 Å². The lowest BCUT2D eigenvalue weighted by Crippen LogP contribution is -2.21. The number of fused-ring (bicyclic) bond motifs is 1. The largest absolute Gasteiger partial charge is 0.387 e. The molecule has 0 fully saturated rings. The molecule has 0 amide bonds. The first-order valence-electron chi connectivity index (χ1n) is 5.18. The zero-order valence-electron chi connectivity index (χ0n) is 8.53. The second-order valence-corrected chi connectivity index (χ2v) is 3.79. The molecule has 1 unspecified atom stereocenters. The smallest absolute Gasteiger partial charge is 0.0934 e. The van der Waals surface area contributed by atoms with Crippen LogP contribution in [-0.2, 0) is 6.42 Å². The predicted octanol–water partition coefficient (Wildman–Crippen LogP) is 2.09. The van der Waals surface area contributed by atoms with Crippen molar-refractivity contribution in [3.63, 3.8) is 0 Å². The van der Waals surface area contributed by atoms with Gasteiger partial charge in [0, 0.05) is 18.9 Å². The lowest BCUT2D eigenvalue weighted by atomic mass is 9.78. The maximum Gasteiger partial charge on any atom is 0.0934 e. The molecule has 0 spiro atoms. The van der Waals surface area contributed by atoms with Crippen molar-refractivity contribution in [2.75, 3.05) is 6.54 Å². The van der Waals surface area contributed by atoms with Gasteiger partial charge in [0.15, 0.2) is 0 Å². The van der Waals surface area contributed by atoms with E-state index in [4.69, 9.17) is 5.73 Å². The standard InChI is InChI=1S/C12H16N2/c1-2-12(13)14-8-10-7-9-5-3-4-6-11(9)10/h3-6,10H,2,7-8H2,1H3,(H2,13,14).